The van der Waals surface area contributed by atoms with Crippen LogP contribution >= 0.6 is 11.6 Å². The number of carbonyl (C=O) groups is 1. The van der Waals surface area contributed by atoms with E-state index >= 15 is 0 Å². The Labute approximate surface area is 171 Å². The van der Waals surface area contributed by atoms with Gasteiger partial charge in [0.05, 0.1) is 6.26 Å². The number of rotatable bonds is 5. The van der Waals surface area contributed by atoms with Gasteiger partial charge < -0.3 is 9.73 Å². The largest absolute Gasteiger partial charge is 0.465 e. The standard InChI is InChI=1S/C21H16ClN5O2/c1-14-9-10-16(22)12-18(14)23-21(28)19(13-17-8-5-11-29-17)27-20(24-25-26-27)15-6-3-2-4-7-15/h2-13H,1H3,(H,23,28)/b19-13+. The fraction of sp³-hybridized carbons (Fsp3) is 0.0476. The fourth-order valence-electron chi connectivity index (χ4n) is 2.76. The lowest BCUT2D eigenvalue weighted by Crippen LogP contribution is -2.20. The lowest BCUT2D eigenvalue weighted by molar-refractivity contribution is -0.111. The molecule has 7 nitrogen and oxygen atoms in total. The summed E-state index contributed by atoms with van der Waals surface area (Å²) in [6.07, 6.45) is 3.11. The molecule has 8 heteroatoms. The van der Waals surface area contributed by atoms with E-state index in [1.54, 1.807) is 30.3 Å². The Morgan fingerprint density at radius 1 is 1.14 bits per heavy atom. The molecule has 2 heterocycles. The maximum absolute atomic E-state index is 13.2. The van der Waals surface area contributed by atoms with E-state index in [0.29, 0.717) is 22.3 Å². The van der Waals surface area contributed by atoms with Crippen molar-refractivity contribution < 1.29 is 9.21 Å². The fourth-order valence-corrected chi connectivity index (χ4v) is 2.93. The number of amides is 1. The zero-order valence-electron chi connectivity index (χ0n) is 15.4. The molecule has 0 aliphatic heterocycles. The molecule has 29 heavy (non-hydrogen) atoms. The van der Waals surface area contributed by atoms with Gasteiger partial charge in [-0.15, -0.1) is 5.10 Å². The highest BCUT2D eigenvalue weighted by Crippen LogP contribution is 2.24. The number of aromatic nitrogens is 4. The van der Waals surface area contributed by atoms with Crippen LogP contribution in [0.25, 0.3) is 23.2 Å². The maximum atomic E-state index is 13.2. The Morgan fingerprint density at radius 2 is 1.97 bits per heavy atom. The molecular weight excluding hydrogens is 390 g/mol. The summed E-state index contributed by atoms with van der Waals surface area (Å²) in [6.45, 7) is 1.88. The van der Waals surface area contributed by atoms with E-state index < -0.39 is 5.91 Å². The first-order chi connectivity index (χ1) is 14.1. The van der Waals surface area contributed by atoms with E-state index in [1.165, 1.54) is 10.9 Å². The molecule has 0 spiro atoms. The van der Waals surface area contributed by atoms with E-state index in [0.717, 1.165) is 11.1 Å². The van der Waals surface area contributed by atoms with Crippen LogP contribution in [0.5, 0.6) is 0 Å². The molecule has 1 amide bonds. The van der Waals surface area contributed by atoms with Crippen molar-refractivity contribution in [1.82, 2.24) is 20.2 Å². The highest BCUT2D eigenvalue weighted by Gasteiger charge is 2.20. The number of aryl methyl sites for hydroxylation is 1. The predicted molar refractivity (Wildman–Crippen MR) is 111 cm³/mol. The Balaban J connectivity index is 1.77. The van der Waals surface area contributed by atoms with Gasteiger partial charge in [0, 0.05) is 22.3 Å². The second kappa shape index (κ2) is 8.12. The second-order valence-corrected chi connectivity index (χ2v) is 6.68. The average Bonchev–Trinajstić information content (AvgIpc) is 3.41. The zero-order valence-corrected chi connectivity index (χ0v) is 16.2. The summed E-state index contributed by atoms with van der Waals surface area (Å²) >= 11 is 6.08. The topological polar surface area (TPSA) is 85.8 Å². The maximum Gasteiger partial charge on any atom is 0.274 e. The lowest BCUT2D eigenvalue weighted by atomic mass is 10.2. The summed E-state index contributed by atoms with van der Waals surface area (Å²) < 4.78 is 6.77. The molecular formula is C21H16ClN5O2. The van der Waals surface area contributed by atoms with Crippen molar-refractivity contribution in [2.75, 3.05) is 5.32 Å². The summed E-state index contributed by atoms with van der Waals surface area (Å²) in [4.78, 5) is 13.2. The minimum atomic E-state index is -0.406. The Bertz CT molecular complexity index is 1170. The highest BCUT2D eigenvalue weighted by molar-refractivity contribution is 6.31. The van der Waals surface area contributed by atoms with E-state index in [-0.39, 0.29) is 5.70 Å². The van der Waals surface area contributed by atoms with Crippen molar-refractivity contribution in [3.05, 3.63) is 83.3 Å². The molecule has 0 radical (unpaired) electrons. The van der Waals surface area contributed by atoms with Gasteiger partial charge in [0.2, 0.25) is 0 Å². The van der Waals surface area contributed by atoms with Crippen LogP contribution in [0.3, 0.4) is 0 Å². The molecule has 2 aromatic carbocycles. The second-order valence-electron chi connectivity index (χ2n) is 6.24. The number of halogens is 1. The Hall–Kier alpha value is -3.71. The average molecular weight is 406 g/mol. The van der Waals surface area contributed by atoms with E-state index in [2.05, 4.69) is 20.8 Å². The molecule has 0 aliphatic rings. The van der Waals surface area contributed by atoms with Crippen molar-refractivity contribution in [2.45, 2.75) is 6.92 Å². The van der Waals surface area contributed by atoms with Gasteiger partial charge in [-0.2, -0.15) is 4.68 Å². The van der Waals surface area contributed by atoms with Crippen molar-refractivity contribution in [3.63, 3.8) is 0 Å². The van der Waals surface area contributed by atoms with E-state index in [1.807, 2.05) is 43.3 Å². The molecule has 2 aromatic heterocycles. The smallest absolute Gasteiger partial charge is 0.274 e. The molecule has 144 valence electrons. The van der Waals surface area contributed by atoms with Crippen LogP contribution in [0.4, 0.5) is 5.69 Å². The number of nitrogens with zero attached hydrogens (tertiary/aromatic N) is 4. The van der Waals surface area contributed by atoms with Gasteiger partial charge in [0.15, 0.2) is 5.82 Å². The summed E-state index contributed by atoms with van der Waals surface area (Å²) in [7, 11) is 0. The Kier molecular flexibility index (Phi) is 5.22. The number of hydrogen-bond donors (Lipinski definition) is 1. The molecule has 0 unspecified atom stereocenters. The molecule has 0 aliphatic carbocycles. The third-order valence-electron chi connectivity index (χ3n) is 4.23. The first-order valence-corrected chi connectivity index (χ1v) is 9.16. The minimum absolute atomic E-state index is 0.197. The highest BCUT2D eigenvalue weighted by atomic mass is 35.5. The molecule has 0 saturated heterocycles. The van der Waals surface area contributed by atoms with E-state index in [4.69, 9.17) is 16.0 Å². The molecule has 4 aromatic rings. The van der Waals surface area contributed by atoms with Gasteiger partial charge in [-0.25, -0.2) is 0 Å². The first kappa shape index (κ1) is 18.6. The van der Waals surface area contributed by atoms with Crippen LogP contribution in [-0.2, 0) is 4.79 Å². The summed E-state index contributed by atoms with van der Waals surface area (Å²) in [5, 5.41) is 15.3. The molecule has 4 rings (SSSR count). The van der Waals surface area contributed by atoms with Crippen LogP contribution in [0.1, 0.15) is 11.3 Å². The monoisotopic (exact) mass is 405 g/mol. The number of carbonyl (C=O) groups excluding carboxylic acids is 1. The molecule has 0 bridgehead atoms. The molecule has 0 fully saturated rings. The van der Waals surface area contributed by atoms with Crippen LogP contribution < -0.4 is 5.32 Å². The van der Waals surface area contributed by atoms with Crippen molar-refractivity contribution >= 4 is 35.0 Å². The summed E-state index contributed by atoms with van der Waals surface area (Å²) in [5.41, 5.74) is 2.44. The quantitative estimate of drug-likeness (QED) is 0.493. The third kappa shape index (κ3) is 4.09. The van der Waals surface area contributed by atoms with Crippen LogP contribution in [0, 0.1) is 6.92 Å². The van der Waals surface area contributed by atoms with Crippen LogP contribution in [0.2, 0.25) is 5.02 Å². The molecule has 0 saturated carbocycles. The van der Waals surface area contributed by atoms with Gasteiger partial charge >= 0.3 is 0 Å². The third-order valence-corrected chi connectivity index (χ3v) is 4.47. The predicted octanol–water partition coefficient (Wildman–Crippen LogP) is 4.53. The summed E-state index contributed by atoms with van der Waals surface area (Å²) in [6, 6.07) is 18.1. The lowest BCUT2D eigenvalue weighted by Gasteiger charge is -2.12. The number of hydrogen-bond acceptors (Lipinski definition) is 5. The first-order valence-electron chi connectivity index (χ1n) is 8.79. The van der Waals surface area contributed by atoms with E-state index in [9.17, 15) is 4.79 Å². The number of anilines is 1. The van der Waals surface area contributed by atoms with Crippen molar-refractivity contribution in [2.24, 2.45) is 0 Å². The number of nitrogens with one attached hydrogen (secondary N) is 1. The van der Waals surface area contributed by atoms with Gasteiger partial charge in [0.1, 0.15) is 11.5 Å². The van der Waals surface area contributed by atoms with Crippen LogP contribution in [-0.4, -0.2) is 26.1 Å². The van der Waals surface area contributed by atoms with Crippen LogP contribution in [0.15, 0.2) is 71.3 Å². The normalized spacial score (nSPS) is 11.4. The number of furan rings is 1. The van der Waals surface area contributed by atoms with Gasteiger partial charge in [-0.05, 0) is 47.2 Å². The number of tetrazole rings is 1. The van der Waals surface area contributed by atoms with Crippen molar-refractivity contribution in [1.29, 1.82) is 0 Å². The van der Waals surface area contributed by atoms with Crippen molar-refractivity contribution in [3.8, 4) is 11.4 Å². The molecule has 1 N–H and O–H groups in total. The molecule has 0 atom stereocenters. The number of benzene rings is 2. The zero-order chi connectivity index (χ0) is 20.2. The van der Waals surface area contributed by atoms with Gasteiger partial charge in [0.25, 0.3) is 5.91 Å². The summed E-state index contributed by atoms with van der Waals surface area (Å²) in [5.74, 6) is 0.519. The van der Waals surface area contributed by atoms with Gasteiger partial charge in [-0.3, -0.25) is 4.79 Å². The van der Waals surface area contributed by atoms with Gasteiger partial charge in [-0.1, -0.05) is 48.0 Å². The minimum Gasteiger partial charge on any atom is -0.465 e. The Morgan fingerprint density at radius 3 is 2.72 bits per heavy atom. The SMILES string of the molecule is Cc1ccc(Cl)cc1NC(=O)/C(=C\c1ccco1)n1nnnc1-c1ccccc1.